The van der Waals surface area contributed by atoms with Gasteiger partial charge in [0.25, 0.3) is 0 Å². The van der Waals surface area contributed by atoms with Crippen LogP contribution in [0.25, 0.3) is 0 Å². The highest BCUT2D eigenvalue weighted by Gasteiger charge is 2.49. The number of benzene rings is 1. The van der Waals surface area contributed by atoms with E-state index in [1.54, 1.807) is 24.4 Å². The number of halogens is 1. The van der Waals surface area contributed by atoms with Gasteiger partial charge in [0.05, 0.1) is 0 Å². The van der Waals surface area contributed by atoms with E-state index in [9.17, 15) is 19.1 Å². The van der Waals surface area contributed by atoms with Crippen LogP contribution in [-0.2, 0) is 11.2 Å². The van der Waals surface area contributed by atoms with Gasteiger partial charge in [0.15, 0.2) is 0 Å². The molecule has 6 nitrogen and oxygen atoms in total. The van der Waals surface area contributed by atoms with Gasteiger partial charge in [0.2, 0.25) is 5.91 Å². The van der Waals surface area contributed by atoms with Crippen molar-refractivity contribution >= 4 is 17.6 Å². The predicted molar refractivity (Wildman–Crippen MR) is 113 cm³/mol. The third kappa shape index (κ3) is 3.77. The van der Waals surface area contributed by atoms with Crippen molar-refractivity contribution < 1.29 is 19.1 Å². The van der Waals surface area contributed by atoms with E-state index >= 15 is 0 Å². The van der Waals surface area contributed by atoms with Crippen LogP contribution < -0.4 is 4.90 Å². The van der Waals surface area contributed by atoms with Gasteiger partial charge in [-0.15, -0.1) is 0 Å². The standard InChI is InChI=1S/C24H26FN3O3/c25-18-4-1-3-15(9-18)10-22-17-11-16(21-5-2-6-23(29)28(21)22)13-27(14-17)19-7-8-26-20(12-19)24(30)31/h1,3-4,7-9,12,16-17,21-22H,2,5-6,10-11,13-14H2,(H,30,31)/t16-,17+,21+,22+/m1/s1. The number of aromatic nitrogens is 1. The first-order valence-electron chi connectivity index (χ1n) is 11.0. The molecule has 1 N–H and O–H groups in total. The lowest BCUT2D eigenvalue weighted by Crippen LogP contribution is -2.65. The second-order valence-electron chi connectivity index (χ2n) is 9.03. The molecule has 3 aliphatic heterocycles. The Morgan fingerprint density at radius 1 is 1.19 bits per heavy atom. The van der Waals surface area contributed by atoms with Crippen molar-refractivity contribution in [2.75, 3.05) is 18.0 Å². The summed E-state index contributed by atoms with van der Waals surface area (Å²) in [5, 5.41) is 9.33. The summed E-state index contributed by atoms with van der Waals surface area (Å²) in [4.78, 5) is 32.7. The molecule has 1 aromatic carbocycles. The van der Waals surface area contributed by atoms with E-state index in [1.165, 1.54) is 6.07 Å². The van der Waals surface area contributed by atoms with Crippen LogP contribution in [-0.4, -0.2) is 52.0 Å². The van der Waals surface area contributed by atoms with Crippen LogP contribution in [0.3, 0.4) is 0 Å². The third-order valence-corrected chi connectivity index (χ3v) is 7.16. The molecule has 1 amide bonds. The number of carboxylic acid groups (broad SMARTS) is 1. The number of hydrogen-bond donors (Lipinski definition) is 1. The number of hydrogen-bond acceptors (Lipinski definition) is 4. The first kappa shape index (κ1) is 20.0. The number of carbonyl (C=O) groups excluding carboxylic acids is 1. The summed E-state index contributed by atoms with van der Waals surface area (Å²) in [6.07, 6.45) is 5.72. The maximum absolute atomic E-state index is 13.8. The highest BCUT2D eigenvalue weighted by Crippen LogP contribution is 2.43. The van der Waals surface area contributed by atoms with E-state index in [0.717, 1.165) is 43.6 Å². The van der Waals surface area contributed by atoms with Crippen molar-refractivity contribution in [2.45, 2.75) is 44.2 Å². The van der Waals surface area contributed by atoms with Gasteiger partial charge in [0, 0.05) is 43.5 Å². The summed E-state index contributed by atoms with van der Waals surface area (Å²) < 4.78 is 13.8. The molecule has 5 rings (SSSR count). The quantitative estimate of drug-likeness (QED) is 0.816. The van der Waals surface area contributed by atoms with E-state index in [-0.39, 0.29) is 35.4 Å². The lowest BCUT2D eigenvalue weighted by molar-refractivity contribution is -0.148. The van der Waals surface area contributed by atoms with Crippen LogP contribution in [0.4, 0.5) is 10.1 Å². The number of nitrogens with zero attached hydrogens (tertiary/aromatic N) is 3. The predicted octanol–water partition coefficient (Wildman–Crippen LogP) is 3.37. The number of anilines is 1. The van der Waals surface area contributed by atoms with Gasteiger partial charge in [-0.25, -0.2) is 14.2 Å². The molecule has 2 bridgehead atoms. The van der Waals surface area contributed by atoms with Crippen LogP contribution in [0.5, 0.6) is 0 Å². The van der Waals surface area contributed by atoms with Crippen LogP contribution >= 0.6 is 0 Å². The van der Waals surface area contributed by atoms with E-state index in [0.29, 0.717) is 18.8 Å². The number of fused-ring (bicyclic) bond motifs is 4. The fraction of sp³-hybridized carbons (Fsp3) is 0.458. The van der Waals surface area contributed by atoms with Gasteiger partial charge in [-0.2, -0.15) is 0 Å². The minimum Gasteiger partial charge on any atom is -0.477 e. The molecule has 1 aromatic heterocycles. The molecule has 3 saturated heterocycles. The lowest BCUT2D eigenvalue weighted by atomic mass is 9.70. The number of amides is 1. The van der Waals surface area contributed by atoms with Crippen LogP contribution in [0.15, 0.2) is 42.6 Å². The molecule has 0 unspecified atom stereocenters. The number of pyridine rings is 1. The molecule has 3 aliphatic rings. The Labute approximate surface area is 180 Å². The molecular weight excluding hydrogens is 397 g/mol. The highest BCUT2D eigenvalue weighted by atomic mass is 19.1. The zero-order valence-corrected chi connectivity index (χ0v) is 17.3. The van der Waals surface area contributed by atoms with Crippen LogP contribution in [0, 0.1) is 17.7 Å². The minimum atomic E-state index is -1.04. The molecule has 4 atom stereocenters. The molecule has 3 fully saturated rings. The Bertz CT molecular complexity index is 1010. The molecule has 31 heavy (non-hydrogen) atoms. The largest absolute Gasteiger partial charge is 0.477 e. The lowest BCUT2D eigenvalue weighted by Gasteiger charge is -2.57. The Morgan fingerprint density at radius 3 is 2.84 bits per heavy atom. The molecular formula is C24H26FN3O3. The Kier molecular flexibility index (Phi) is 5.12. The topological polar surface area (TPSA) is 73.7 Å². The molecule has 7 heteroatoms. The van der Waals surface area contributed by atoms with Crippen molar-refractivity contribution in [3.05, 3.63) is 59.7 Å². The van der Waals surface area contributed by atoms with Gasteiger partial charge in [-0.3, -0.25) is 4.79 Å². The van der Waals surface area contributed by atoms with E-state index in [1.807, 2.05) is 12.1 Å². The van der Waals surface area contributed by atoms with E-state index in [2.05, 4.69) is 14.8 Å². The number of piperidine rings is 3. The monoisotopic (exact) mass is 423 g/mol. The van der Waals surface area contributed by atoms with Crippen molar-refractivity contribution in [3.8, 4) is 0 Å². The van der Waals surface area contributed by atoms with Gasteiger partial charge in [0.1, 0.15) is 11.5 Å². The number of aromatic carboxylic acids is 1. The van der Waals surface area contributed by atoms with Crippen LogP contribution in [0.1, 0.15) is 41.7 Å². The minimum absolute atomic E-state index is 0.0273. The normalized spacial score (nSPS) is 27.7. The molecule has 2 aromatic rings. The maximum atomic E-state index is 13.8. The smallest absolute Gasteiger partial charge is 0.354 e. The van der Waals surface area contributed by atoms with Crippen molar-refractivity contribution in [3.63, 3.8) is 0 Å². The second kappa shape index (κ2) is 7.94. The van der Waals surface area contributed by atoms with Crippen LogP contribution in [0.2, 0.25) is 0 Å². The summed E-state index contributed by atoms with van der Waals surface area (Å²) in [5.74, 6) is -0.462. The molecule has 0 aliphatic carbocycles. The Balaban J connectivity index is 1.47. The Morgan fingerprint density at radius 2 is 2.03 bits per heavy atom. The summed E-state index contributed by atoms with van der Waals surface area (Å²) >= 11 is 0. The molecule has 162 valence electrons. The average Bonchev–Trinajstić information content (AvgIpc) is 2.77. The van der Waals surface area contributed by atoms with Crippen molar-refractivity contribution in [1.29, 1.82) is 0 Å². The number of carbonyl (C=O) groups is 2. The van der Waals surface area contributed by atoms with E-state index < -0.39 is 5.97 Å². The van der Waals surface area contributed by atoms with E-state index in [4.69, 9.17) is 0 Å². The van der Waals surface area contributed by atoms with Gasteiger partial charge in [-0.1, -0.05) is 12.1 Å². The summed E-state index contributed by atoms with van der Waals surface area (Å²) in [6, 6.07) is 10.4. The van der Waals surface area contributed by atoms with Crippen molar-refractivity contribution in [2.24, 2.45) is 11.8 Å². The highest BCUT2D eigenvalue weighted by molar-refractivity contribution is 5.86. The summed E-state index contributed by atoms with van der Waals surface area (Å²) in [5.41, 5.74) is 1.82. The molecule has 0 radical (unpaired) electrons. The van der Waals surface area contributed by atoms with Crippen molar-refractivity contribution in [1.82, 2.24) is 9.88 Å². The molecule has 4 heterocycles. The van der Waals surface area contributed by atoms with Gasteiger partial charge >= 0.3 is 5.97 Å². The fourth-order valence-electron chi connectivity index (χ4n) is 5.89. The Hall–Kier alpha value is -2.96. The number of carboxylic acids is 1. The average molecular weight is 423 g/mol. The second-order valence-corrected chi connectivity index (χ2v) is 9.03. The first-order valence-corrected chi connectivity index (χ1v) is 11.0. The van der Waals surface area contributed by atoms with Gasteiger partial charge in [-0.05, 0) is 67.3 Å². The fourth-order valence-corrected chi connectivity index (χ4v) is 5.89. The first-order chi connectivity index (χ1) is 15.0. The zero-order chi connectivity index (χ0) is 21.5. The van der Waals surface area contributed by atoms with Gasteiger partial charge < -0.3 is 14.9 Å². The number of rotatable bonds is 4. The SMILES string of the molecule is O=C(O)c1cc(N2C[C@H]3C[C@@H](C2)[C@H](Cc2cccc(F)c2)N2C(=O)CCC[C@@H]32)ccn1. The summed E-state index contributed by atoms with van der Waals surface area (Å²) in [6.45, 7) is 1.55. The third-order valence-electron chi connectivity index (χ3n) is 7.16. The molecule has 0 spiro atoms. The zero-order valence-electron chi connectivity index (χ0n) is 17.3. The maximum Gasteiger partial charge on any atom is 0.354 e. The summed E-state index contributed by atoms with van der Waals surface area (Å²) in [7, 11) is 0. The molecule has 0 saturated carbocycles.